The van der Waals surface area contributed by atoms with Gasteiger partial charge in [-0.3, -0.25) is 9.59 Å². The van der Waals surface area contributed by atoms with Crippen LogP contribution in [0.3, 0.4) is 0 Å². The van der Waals surface area contributed by atoms with Gasteiger partial charge in [0, 0.05) is 55.9 Å². The molecule has 0 radical (unpaired) electrons. The maximum Gasteiger partial charge on any atom is 0.273 e. The zero-order valence-electron chi connectivity index (χ0n) is 21.3. The Morgan fingerprint density at radius 1 is 0.868 bits per heavy atom. The molecule has 190 valence electrons. The molecule has 4 aromatic rings. The molecule has 3 heterocycles. The second kappa shape index (κ2) is 10.5. The monoisotopic (exact) mass is 502 g/mol. The van der Waals surface area contributed by atoms with E-state index in [2.05, 4.69) is 40.2 Å². The Morgan fingerprint density at radius 2 is 1.61 bits per heavy atom. The fraction of sp³-hybridized carbons (Fsp3) is 0.219. The number of para-hydroxylation sites is 2. The molecule has 1 fully saturated rings. The number of pyridine rings is 1. The van der Waals surface area contributed by atoms with Crippen molar-refractivity contribution in [3.05, 3.63) is 113 Å². The number of hydrogen-bond donors (Lipinski definition) is 0. The first-order valence-electron chi connectivity index (χ1n) is 13.2. The minimum absolute atomic E-state index is 0.0196. The van der Waals surface area contributed by atoms with E-state index in [1.807, 2.05) is 76.5 Å². The highest BCUT2D eigenvalue weighted by atomic mass is 16.2. The predicted octanol–water partition coefficient (Wildman–Crippen LogP) is 4.80. The number of hydrogen-bond acceptors (Lipinski definition) is 4. The molecule has 2 amide bonds. The topological polar surface area (TPSA) is 56.8 Å². The van der Waals surface area contributed by atoms with E-state index in [-0.39, 0.29) is 11.8 Å². The molecule has 2 aliphatic rings. The number of rotatable bonds is 6. The minimum Gasteiger partial charge on any atom is -0.368 e. The molecular weight excluding hydrogens is 472 g/mol. The lowest BCUT2D eigenvalue weighted by Crippen LogP contribution is -2.49. The van der Waals surface area contributed by atoms with Crippen LogP contribution < -0.4 is 4.90 Å². The Labute approximate surface area is 222 Å². The van der Waals surface area contributed by atoms with Gasteiger partial charge in [0.05, 0.1) is 11.9 Å². The van der Waals surface area contributed by atoms with Crippen LogP contribution >= 0.6 is 0 Å². The van der Waals surface area contributed by atoms with Crippen LogP contribution in [-0.2, 0) is 17.8 Å². The van der Waals surface area contributed by atoms with E-state index in [4.69, 9.17) is 0 Å². The Kier molecular flexibility index (Phi) is 6.61. The van der Waals surface area contributed by atoms with Gasteiger partial charge < -0.3 is 14.7 Å². The summed E-state index contributed by atoms with van der Waals surface area (Å²) < 4.78 is 0. The van der Waals surface area contributed by atoms with E-state index in [9.17, 15) is 9.59 Å². The number of aromatic nitrogens is 1. The van der Waals surface area contributed by atoms with E-state index in [1.54, 1.807) is 0 Å². The van der Waals surface area contributed by atoms with E-state index in [0.29, 0.717) is 25.2 Å². The smallest absolute Gasteiger partial charge is 0.273 e. The molecule has 2 aliphatic heterocycles. The molecule has 6 nitrogen and oxygen atoms in total. The van der Waals surface area contributed by atoms with Gasteiger partial charge in [0.15, 0.2) is 0 Å². The Hall–Kier alpha value is -4.45. The number of fused-ring (bicyclic) bond motifs is 2. The van der Waals surface area contributed by atoms with Crippen molar-refractivity contribution in [2.24, 2.45) is 0 Å². The number of carbonyl (C=O) groups is 2. The van der Waals surface area contributed by atoms with Crippen molar-refractivity contribution in [2.45, 2.75) is 13.0 Å². The van der Waals surface area contributed by atoms with Gasteiger partial charge in [-0.15, -0.1) is 0 Å². The summed E-state index contributed by atoms with van der Waals surface area (Å²) in [4.78, 5) is 36.4. The minimum atomic E-state index is -0.0196. The molecule has 0 aliphatic carbocycles. The van der Waals surface area contributed by atoms with Crippen LogP contribution in [0.25, 0.3) is 17.0 Å². The fourth-order valence-electron chi connectivity index (χ4n) is 5.24. The van der Waals surface area contributed by atoms with Crippen LogP contribution in [0.15, 0.2) is 91.0 Å². The summed E-state index contributed by atoms with van der Waals surface area (Å²) in [6.07, 6.45) is 4.45. The average Bonchev–Trinajstić information content (AvgIpc) is 3.27. The summed E-state index contributed by atoms with van der Waals surface area (Å²) in [6, 6.07) is 28.4. The molecule has 0 unspecified atom stereocenters. The average molecular weight is 503 g/mol. The quantitative estimate of drug-likeness (QED) is 0.380. The Morgan fingerprint density at radius 3 is 2.39 bits per heavy atom. The number of carbonyl (C=O) groups excluding carboxylic acids is 2. The van der Waals surface area contributed by atoms with Crippen molar-refractivity contribution in [2.75, 3.05) is 37.6 Å². The second-order valence-electron chi connectivity index (χ2n) is 9.90. The molecule has 0 bridgehead atoms. The van der Waals surface area contributed by atoms with Crippen LogP contribution in [0.1, 0.15) is 27.2 Å². The van der Waals surface area contributed by atoms with Gasteiger partial charge in [0.1, 0.15) is 5.69 Å². The van der Waals surface area contributed by atoms with Crippen LogP contribution in [0, 0.1) is 0 Å². The van der Waals surface area contributed by atoms with E-state index in [0.717, 1.165) is 53.8 Å². The molecule has 0 spiro atoms. The first-order valence-corrected chi connectivity index (χ1v) is 13.2. The molecule has 0 saturated carbocycles. The highest BCUT2D eigenvalue weighted by Crippen LogP contribution is 2.25. The van der Waals surface area contributed by atoms with Gasteiger partial charge in [-0.1, -0.05) is 72.8 Å². The summed E-state index contributed by atoms with van der Waals surface area (Å²) in [6.45, 7) is 4.32. The Bertz CT molecular complexity index is 1490. The number of piperazine rings is 1. The van der Waals surface area contributed by atoms with Gasteiger partial charge in [0.25, 0.3) is 5.91 Å². The normalized spacial score (nSPS) is 15.5. The van der Waals surface area contributed by atoms with Gasteiger partial charge >= 0.3 is 0 Å². The summed E-state index contributed by atoms with van der Waals surface area (Å²) >= 11 is 0. The Balaban J connectivity index is 1.00. The van der Waals surface area contributed by atoms with Crippen LogP contribution in [-0.4, -0.2) is 59.3 Å². The van der Waals surface area contributed by atoms with E-state index >= 15 is 0 Å². The SMILES string of the molecule is O=C(Cc1ccc(/C=C/CN2Cc3cc4ccccc4nc3C2=O)cc1)N1CCN(c2ccccc2)CC1. The standard InChI is InChI=1S/C32H30N4O2/c37-30(35-19-17-34(18-20-35)28-9-2-1-3-10-28)21-25-14-12-24(13-15-25)7-6-16-36-23-27-22-26-8-4-5-11-29(26)33-31(27)32(36)38/h1-15,22H,16-21,23H2/b7-6+. The van der Waals surface area contributed by atoms with E-state index in [1.165, 1.54) is 5.69 Å². The second-order valence-corrected chi connectivity index (χ2v) is 9.90. The third-order valence-electron chi connectivity index (χ3n) is 7.38. The van der Waals surface area contributed by atoms with Gasteiger partial charge in [0.2, 0.25) is 5.91 Å². The third-order valence-corrected chi connectivity index (χ3v) is 7.38. The first kappa shape index (κ1) is 23.9. The molecule has 6 heteroatoms. The molecule has 3 aromatic carbocycles. The highest BCUT2D eigenvalue weighted by Gasteiger charge is 2.28. The third kappa shape index (κ3) is 5.02. The molecule has 0 atom stereocenters. The summed E-state index contributed by atoms with van der Waals surface area (Å²) in [5.41, 5.74) is 5.67. The number of nitrogens with zero attached hydrogens (tertiary/aromatic N) is 4. The number of anilines is 1. The summed E-state index contributed by atoms with van der Waals surface area (Å²) in [5, 5.41) is 1.06. The largest absolute Gasteiger partial charge is 0.368 e. The zero-order chi connectivity index (χ0) is 25.9. The summed E-state index contributed by atoms with van der Waals surface area (Å²) in [5.74, 6) is 0.156. The lowest BCUT2D eigenvalue weighted by atomic mass is 10.1. The van der Waals surface area contributed by atoms with Crippen LogP contribution in [0.2, 0.25) is 0 Å². The lowest BCUT2D eigenvalue weighted by Gasteiger charge is -2.36. The highest BCUT2D eigenvalue weighted by molar-refractivity contribution is 5.99. The molecule has 1 saturated heterocycles. The first-order chi connectivity index (χ1) is 18.6. The van der Waals surface area contributed by atoms with Gasteiger partial charge in [-0.25, -0.2) is 4.98 Å². The summed E-state index contributed by atoms with van der Waals surface area (Å²) in [7, 11) is 0. The van der Waals surface area contributed by atoms with Gasteiger partial charge in [-0.05, 0) is 35.4 Å². The molecule has 0 N–H and O–H groups in total. The van der Waals surface area contributed by atoms with Crippen LogP contribution in [0.4, 0.5) is 5.69 Å². The van der Waals surface area contributed by atoms with Crippen molar-refractivity contribution >= 4 is 34.5 Å². The zero-order valence-corrected chi connectivity index (χ0v) is 21.3. The molecule has 38 heavy (non-hydrogen) atoms. The maximum atomic E-state index is 12.9. The number of benzene rings is 3. The van der Waals surface area contributed by atoms with Crippen molar-refractivity contribution in [1.29, 1.82) is 0 Å². The molecule has 6 rings (SSSR count). The fourth-order valence-corrected chi connectivity index (χ4v) is 5.24. The maximum absolute atomic E-state index is 12.9. The van der Waals surface area contributed by atoms with Crippen molar-refractivity contribution in [3.8, 4) is 0 Å². The lowest BCUT2D eigenvalue weighted by molar-refractivity contribution is -0.130. The van der Waals surface area contributed by atoms with Crippen LogP contribution in [0.5, 0.6) is 0 Å². The van der Waals surface area contributed by atoms with E-state index < -0.39 is 0 Å². The van der Waals surface area contributed by atoms with Crippen molar-refractivity contribution in [1.82, 2.24) is 14.8 Å². The molecular formula is C32H30N4O2. The predicted molar refractivity (Wildman–Crippen MR) is 151 cm³/mol. The van der Waals surface area contributed by atoms with Crippen molar-refractivity contribution < 1.29 is 9.59 Å². The number of amides is 2. The van der Waals surface area contributed by atoms with Crippen molar-refractivity contribution in [3.63, 3.8) is 0 Å². The van der Waals surface area contributed by atoms with Gasteiger partial charge in [-0.2, -0.15) is 0 Å². The molecule has 1 aromatic heterocycles.